The van der Waals surface area contributed by atoms with Crippen LogP contribution in [0.2, 0.25) is 0 Å². The van der Waals surface area contributed by atoms with Crippen molar-refractivity contribution in [2.75, 3.05) is 6.61 Å². The van der Waals surface area contributed by atoms with Crippen molar-refractivity contribution >= 4 is 5.97 Å². The summed E-state index contributed by atoms with van der Waals surface area (Å²) >= 11 is 0. The van der Waals surface area contributed by atoms with Gasteiger partial charge in [0.2, 0.25) is 0 Å². The minimum absolute atomic E-state index is 0.163. The van der Waals surface area contributed by atoms with E-state index in [9.17, 15) is 4.79 Å². The summed E-state index contributed by atoms with van der Waals surface area (Å²) in [6.45, 7) is 17.0. The molecule has 0 saturated heterocycles. The van der Waals surface area contributed by atoms with E-state index in [1.54, 1.807) is 0 Å². The number of hydrogen-bond acceptors (Lipinski definition) is 2. The van der Waals surface area contributed by atoms with E-state index in [4.69, 9.17) is 4.74 Å². The predicted molar refractivity (Wildman–Crippen MR) is 121 cm³/mol. The Labute approximate surface area is 170 Å². The lowest BCUT2D eigenvalue weighted by Gasteiger charge is -2.01. The molecule has 0 radical (unpaired) electrons. The van der Waals surface area contributed by atoms with Crippen LogP contribution in [0.5, 0.6) is 0 Å². The van der Waals surface area contributed by atoms with Crippen LogP contribution in [0.25, 0.3) is 0 Å². The maximum absolute atomic E-state index is 10.4. The van der Waals surface area contributed by atoms with Crippen molar-refractivity contribution in [2.45, 2.75) is 112 Å². The fraction of sp³-hybridized carbons (Fsp3) is 0.720. The first-order valence-corrected chi connectivity index (χ1v) is 10.9. The van der Waals surface area contributed by atoms with Gasteiger partial charge in [-0.15, -0.1) is 0 Å². The Morgan fingerprint density at radius 2 is 1.44 bits per heavy atom. The molecule has 2 heteroatoms. The molecule has 0 fully saturated rings. The van der Waals surface area contributed by atoms with Crippen LogP contribution in [-0.2, 0) is 9.53 Å². The van der Waals surface area contributed by atoms with Gasteiger partial charge >= 0.3 is 5.97 Å². The molecule has 158 valence electrons. The second-order valence-electron chi connectivity index (χ2n) is 7.62. The van der Waals surface area contributed by atoms with Crippen molar-refractivity contribution in [3.8, 4) is 0 Å². The quantitative estimate of drug-likeness (QED) is 0.172. The number of esters is 1. The van der Waals surface area contributed by atoms with E-state index in [1.807, 2.05) is 0 Å². The van der Waals surface area contributed by atoms with E-state index in [1.165, 1.54) is 68.6 Å². The zero-order chi connectivity index (χ0) is 20.9. The van der Waals surface area contributed by atoms with Crippen molar-refractivity contribution < 1.29 is 9.53 Å². The van der Waals surface area contributed by atoms with Gasteiger partial charge in [-0.3, -0.25) is 4.79 Å². The van der Waals surface area contributed by atoms with Gasteiger partial charge in [0.25, 0.3) is 0 Å². The van der Waals surface area contributed by atoms with Crippen molar-refractivity contribution in [1.29, 1.82) is 0 Å². The number of hydrogen-bond donors (Lipinski definition) is 0. The van der Waals surface area contributed by atoms with Crippen LogP contribution >= 0.6 is 0 Å². The fourth-order valence-electron chi connectivity index (χ4n) is 2.49. The topological polar surface area (TPSA) is 26.3 Å². The standard InChI is InChI=1S/C15H26.C10H20O2/c1-6-14(4)10-8-12-15(5)11-7-9-13(2)3;1-3-4-5-6-7-8-9-12-10(2)11/h9,12H,4,6-8,10-11H2,1-3,5H3;3-9H2,1-2H3/b15-12+;. The molecule has 0 aromatic heterocycles. The van der Waals surface area contributed by atoms with Crippen LogP contribution in [0.4, 0.5) is 0 Å². The summed E-state index contributed by atoms with van der Waals surface area (Å²) in [5.74, 6) is -0.163. The highest BCUT2D eigenvalue weighted by Crippen LogP contribution is 2.12. The number of allylic oxidation sites excluding steroid dienone is 5. The molecule has 0 aliphatic carbocycles. The molecule has 0 rings (SSSR count). The third-order valence-corrected chi connectivity index (χ3v) is 4.39. The normalized spacial score (nSPS) is 10.7. The molecule has 0 bridgehead atoms. The Morgan fingerprint density at radius 3 is 2.00 bits per heavy atom. The summed E-state index contributed by atoms with van der Waals surface area (Å²) in [7, 11) is 0. The average molecular weight is 379 g/mol. The van der Waals surface area contributed by atoms with Crippen molar-refractivity contribution in [3.05, 3.63) is 35.5 Å². The molecule has 0 heterocycles. The molecule has 0 saturated carbocycles. The van der Waals surface area contributed by atoms with Crippen LogP contribution in [0.3, 0.4) is 0 Å². The number of ether oxygens (including phenoxy) is 1. The number of rotatable bonds is 14. The van der Waals surface area contributed by atoms with Gasteiger partial charge in [0.1, 0.15) is 0 Å². The Kier molecular flexibility index (Phi) is 21.7. The van der Waals surface area contributed by atoms with E-state index < -0.39 is 0 Å². The van der Waals surface area contributed by atoms with E-state index >= 15 is 0 Å². The van der Waals surface area contributed by atoms with Crippen molar-refractivity contribution in [3.63, 3.8) is 0 Å². The molecule has 0 atom stereocenters. The average Bonchev–Trinajstić information content (AvgIpc) is 2.60. The maximum Gasteiger partial charge on any atom is 0.302 e. The van der Waals surface area contributed by atoms with Gasteiger partial charge in [0.05, 0.1) is 6.61 Å². The van der Waals surface area contributed by atoms with Gasteiger partial charge in [-0.2, -0.15) is 0 Å². The molecule has 0 unspecified atom stereocenters. The lowest BCUT2D eigenvalue weighted by Crippen LogP contribution is -1.99. The third kappa shape index (κ3) is 27.0. The number of carbonyl (C=O) groups is 1. The summed E-state index contributed by atoms with van der Waals surface area (Å²) in [5.41, 5.74) is 4.29. The molecule has 2 nitrogen and oxygen atoms in total. The van der Waals surface area contributed by atoms with Crippen LogP contribution < -0.4 is 0 Å². The molecule has 0 N–H and O–H groups in total. The highest BCUT2D eigenvalue weighted by atomic mass is 16.5. The number of unbranched alkanes of at least 4 members (excludes halogenated alkanes) is 5. The van der Waals surface area contributed by atoms with Gasteiger partial charge in [-0.1, -0.05) is 81.4 Å². The SMILES string of the molecule is C=C(CC)CC/C=C(\C)CCC=C(C)C.CCCCCCCCOC(C)=O. The van der Waals surface area contributed by atoms with Crippen LogP contribution in [0, 0.1) is 0 Å². The predicted octanol–water partition coefficient (Wildman–Crippen LogP) is 8.34. The molecule has 0 aliphatic heterocycles. The largest absolute Gasteiger partial charge is 0.466 e. The highest BCUT2D eigenvalue weighted by Gasteiger charge is 1.93. The molecule has 0 aromatic carbocycles. The minimum atomic E-state index is -0.163. The Balaban J connectivity index is 0. The summed E-state index contributed by atoms with van der Waals surface area (Å²) in [4.78, 5) is 10.4. The highest BCUT2D eigenvalue weighted by molar-refractivity contribution is 5.65. The Hall–Kier alpha value is -1.31. The molecule has 0 spiro atoms. The van der Waals surface area contributed by atoms with Gasteiger partial charge < -0.3 is 4.74 Å². The van der Waals surface area contributed by atoms with E-state index in [-0.39, 0.29) is 5.97 Å². The molecule has 0 aromatic rings. The first-order chi connectivity index (χ1) is 12.8. The van der Waals surface area contributed by atoms with Gasteiger partial charge in [0.15, 0.2) is 0 Å². The van der Waals surface area contributed by atoms with E-state index in [0.717, 1.165) is 25.7 Å². The first-order valence-electron chi connectivity index (χ1n) is 10.9. The number of carbonyl (C=O) groups excluding carboxylic acids is 1. The molecule has 0 amide bonds. The lowest BCUT2D eigenvalue weighted by atomic mass is 10.1. The smallest absolute Gasteiger partial charge is 0.302 e. The molecular formula is C25H46O2. The Bertz CT molecular complexity index is 426. The van der Waals surface area contributed by atoms with Crippen molar-refractivity contribution in [2.24, 2.45) is 0 Å². The molecular weight excluding hydrogens is 332 g/mol. The van der Waals surface area contributed by atoms with Crippen molar-refractivity contribution in [1.82, 2.24) is 0 Å². The van der Waals surface area contributed by atoms with E-state index in [0.29, 0.717) is 6.61 Å². The molecule has 0 aliphatic rings. The molecule has 27 heavy (non-hydrogen) atoms. The van der Waals surface area contributed by atoms with E-state index in [2.05, 4.69) is 53.3 Å². The summed E-state index contributed by atoms with van der Waals surface area (Å²) in [5, 5.41) is 0. The second-order valence-corrected chi connectivity index (χ2v) is 7.62. The third-order valence-electron chi connectivity index (χ3n) is 4.39. The first kappa shape index (κ1) is 27.9. The second kappa shape index (κ2) is 21.0. The minimum Gasteiger partial charge on any atom is -0.466 e. The van der Waals surface area contributed by atoms with Crippen LogP contribution in [0.1, 0.15) is 112 Å². The van der Waals surface area contributed by atoms with Gasteiger partial charge in [-0.05, 0) is 59.3 Å². The summed E-state index contributed by atoms with van der Waals surface area (Å²) in [6.07, 6.45) is 17.9. The lowest BCUT2D eigenvalue weighted by molar-refractivity contribution is -0.141. The summed E-state index contributed by atoms with van der Waals surface area (Å²) < 4.78 is 4.81. The zero-order valence-corrected chi connectivity index (χ0v) is 19.2. The van der Waals surface area contributed by atoms with Gasteiger partial charge in [-0.25, -0.2) is 0 Å². The van der Waals surface area contributed by atoms with Crippen LogP contribution in [-0.4, -0.2) is 12.6 Å². The maximum atomic E-state index is 10.4. The van der Waals surface area contributed by atoms with Crippen LogP contribution in [0.15, 0.2) is 35.5 Å². The monoisotopic (exact) mass is 378 g/mol. The zero-order valence-electron chi connectivity index (χ0n) is 19.2. The fourth-order valence-corrected chi connectivity index (χ4v) is 2.49. The Morgan fingerprint density at radius 1 is 0.852 bits per heavy atom. The summed E-state index contributed by atoms with van der Waals surface area (Å²) in [6, 6.07) is 0. The van der Waals surface area contributed by atoms with Gasteiger partial charge in [0, 0.05) is 6.92 Å².